The molecular weight excluding hydrogens is 1430 g/mol. The Kier molecular flexibility index (Phi) is 24.3. The molecule has 0 fully saturated rings. The molecule has 6 aliphatic heterocycles. The second-order valence-corrected chi connectivity index (χ2v) is 28.4. The van der Waals surface area contributed by atoms with Gasteiger partial charge in [-0.15, -0.1) is 11.3 Å². The van der Waals surface area contributed by atoms with Crippen molar-refractivity contribution in [2.24, 2.45) is 0 Å². The minimum absolute atomic E-state index is 0.181. The molecule has 0 aliphatic carbocycles. The Morgan fingerprint density at radius 3 is 1.68 bits per heavy atom. The Labute approximate surface area is 644 Å². The number of anilines is 2. The smallest absolute Gasteiger partial charge is 0.274 e. The molecule has 3 aromatic heterocycles. The molecule has 8 N–H and O–H groups in total. The average molecular weight is 1520 g/mol. The fourth-order valence-electron chi connectivity index (χ4n) is 14.6. The predicted octanol–water partition coefficient (Wildman–Crippen LogP) is 10.4. The number of methoxy groups -OCH3 is 1. The second kappa shape index (κ2) is 35.6. The maximum absolute atomic E-state index is 12.7. The number of imidazole rings is 1. The Bertz CT molecular complexity index is 5170. The molecule has 17 rings (SSSR count). The number of nitrogens with zero attached hydrogens (tertiary/aromatic N) is 10. The molecule has 0 spiro atoms. The lowest BCUT2D eigenvalue weighted by atomic mass is 9.97. The molecule has 0 saturated carbocycles. The van der Waals surface area contributed by atoms with Crippen LogP contribution in [-0.2, 0) is 82.7 Å². The van der Waals surface area contributed by atoms with E-state index in [4.69, 9.17) is 44.5 Å². The maximum Gasteiger partial charge on any atom is 0.274 e. The van der Waals surface area contributed by atoms with Crippen LogP contribution in [-0.4, -0.2) is 149 Å². The quantitative estimate of drug-likeness (QED) is 0.0310. The monoisotopic (exact) mass is 1520 g/mol. The molecule has 0 bridgehead atoms. The molecule has 0 unspecified atom stereocenters. The Morgan fingerprint density at radius 1 is 0.514 bits per heavy atom. The van der Waals surface area contributed by atoms with Crippen LogP contribution in [0.15, 0.2) is 192 Å². The molecule has 8 aromatic carbocycles. The van der Waals surface area contributed by atoms with Crippen LogP contribution in [0.5, 0.6) is 17.2 Å². The number of carbonyl (C=O) groups excluding carboxylic acids is 5. The van der Waals surface area contributed by atoms with Crippen molar-refractivity contribution in [3.05, 3.63) is 277 Å². The van der Waals surface area contributed by atoms with Crippen LogP contribution < -0.4 is 45.9 Å². The van der Waals surface area contributed by atoms with Gasteiger partial charge in [-0.2, -0.15) is 4.98 Å². The van der Waals surface area contributed by atoms with Crippen molar-refractivity contribution >= 4 is 51.7 Å². The summed E-state index contributed by atoms with van der Waals surface area (Å²) in [6.45, 7) is 11.3. The number of rotatable bonds is 17. The summed E-state index contributed by atoms with van der Waals surface area (Å²) < 4.78 is 24.2. The van der Waals surface area contributed by atoms with Gasteiger partial charge in [-0.3, -0.25) is 59.5 Å². The fraction of sp³-hybridized carbons (Fsp3) is 0.265. The minimum atomic E-state index is -0.499. The first kappa shape index (κ1) is 75.8. The third kappa shape index (κ3) is 18.3. The molecule has 28 heteroatoms. The number of hydrogen-bond acceptors (Lipinski definition) is 22. The molecule has 0 saturated heterocycles. The second-order valence-electron chi connectivity index (χ2n) is 27.5. The van der Waals surface area contributed by atoms with Crippen LogP contribution in [0, 0.1) is 0 Å². The Hall–Kier alpha value is -12.0. The Balaban J connectivity index is 0.000000123. The van der Waals surface area contributed by atoms with E-state index in [0.717, 1.165) is 178 Å². The number of thiazole rings is 1. The van der Waals surface area contributed by atoms with Crippen molar-refractivity contribution in [3.63, 3.8) is 0 Å². The zero-order valence-corrected chi connectivity index (χ0v) is 61.9. The number of aromatic nitrogens is 5. The van der Waals surface area contributed by atoms with Crippen molar-refractivity contribution in [1.29, 1.82) is 0 Å². The van der Waals surface area contributed by atoms with Gasteiger partial charge in [-0.05, 0) is 173 Å². The van der Waals surface area contributed by atoms with Gasteiger partial charge in [0.25, 0.3) is 29.5 Å². The normalized spacial score (nSPS) is 14.7. The number of carbonyl (C=O) groups is 5. The highest BCUT2D eigenvalue weighted by Crippen LogP contribution is 2.38. The van der Waals surface area contributed by atoms with Gasteiger partial charge in [0.1, 0.15) is 24.8 Å². The van der Waals surface area contributed by atoms with Crippen molar-refractivity contribution in [1.82, 2.24) is 61.3 Å². The zero-order valence-electron chi connectivity index (χ0n) is 61.1. The third-order valence-electron chi connectivity index (χ3n) is 20.5. The van der Waals surface area contributed by atoms with Gasteiger partial charge >= 0.3 is 0 Å². The summed E-state index contributed by atoms with van der Waals surface area (Å²) >= 11 is 1.62. The lowest BCUT2D eigenvalue weighted by molar-refractivity contribution is -0.118. The van der Waals surface area contributed by atoms with E-state index in [2.05, 4.69) is 75.0 Å². The average Bonchev–Trinajstić information content (AvgIpc) is 1.77. The number of fused-ring (bicyclic) bond motifs is 6. The molecule has 11 aromatic rings. The van der Waals surface area contributed by atoms with E-state index in [1.165, 1.54) is 33.4 Å². The number of benzene rings is 8. The van der Waals surface area contributed by atoms with E-state index in [1.807, 2.05) is 133 Å². The number of ether oxygens (including phenoxy) is 3. The predicted molar refractivity (Wildman–Crippen MR) is 412 cm³/mol. The van der Waals surface area contributed by atoms with Gasteiger partial charge in [-0.1, -0.05) is 90.1 Å². The highest BCUT2D eigenvalue weighted by atomic mass is 32.1. The highest BCUT2D eigenvalue weighted by Gasteiger charge is 2.28. The minimum Gasteiger partial charge on any atom is -0.496 e. The standard InChI is InChI=1S/C21H22N4O2.C21H19N3O4S.C21H23N3O3.C20H20N4O4/c26-21(23-27)18-6-7-19-14-24(10-8-17(19)12-18)15-20-22-9-11-25(20)13-16-4-2-1-3-5-16;25-20(23-26)15-1-2-16-11-24(6-5-13(16)9-15)21-22-17(12-29-21)14-3-4-18-19(10-14)28-8-7-27-18;25-20(24-12-8-15-3-1-2-4-19(15)24)9-11-23-10-7-16-13-17(21(26)22-27)5-6-18(16)14-23;1-27-17-5-3-2-4-16(17)20-21-18(23-28-20)12-24-9-8-13-10-14(19(25)22-26)6-7-15(13)11-24/h1-7,9,11-12,27H,8,10,13-15H2,(H,23,26);1-4,9-10,12,26H,5-8,11H2,(H,23,25);1-6,13,27H,7-12,14H2,(H,22,26);2-7,10,26H,8-9,11-12H2,1H3,(H,22,25). The summed E-state index contributed by atoms with van der Waals surface area (Å²) in [7, 11) is 1.61. The highest BCUT2D eigenvalue weighted by molar-refractivity contribution is 7.14. The largest absolute Gasteiger partial charge is 0.496 e. The molecule has 5 amide bonds. The van der Waals surface area contributed by atoms with E-state index in [9.17, 15) is 24.0 Å². The molecule has 27 nitrogen and oxygen atoms in total. The molecule has 9 heterocycles. The first-order valence-electron chi connectivity index (χ1n) is 36.7. The fourth-order valence-corrected chi connectivity index (χ4v) is 15.5. The first-order chi connectivity index (χ1) is 54.3. The maximum atomic E-state index is 12.7. The third-order valence-corrected chi connectivity index (χ3v) is 21.4. The summed E-state index contributed by atoms with van der Waals surface area (Å²) in [5, 5.41) is 42.3. The van der Waals surface area contributed by atoms with Gasteiger partial charge in [0.2, 0.25) is 5.91 Å². The van der Waals surface area contributed by atoms with E-state index in [-0.39, 0.29) is 5.91 Å². The Morgan fingerprint density at radius 2 is 1.05 bits per heavy atom. The SMILES string of the molecule is COc1ccccc1-c1nc(CN2CCc3cc(C(=O)NO)ccc3C2)no1.O=C(NO)c1ccc2c(c1)CCN(CCC(=O)N1CCc3ccccc31)C2.O=C(NO)c1ccc2c(c1)CCN(Cc1nccn1Cc1ccccc1)C2.O=C(NO)c1ccc2c(c1)CCN(c1nc(-c3ccc4c(c3)OCCO4)cs1)C2. The number of nitrogens with one attached hydrogen (secondary N) is 4. The van der Waals surface area contributed by atoms with E-state index in [1.54, 1.807) is 64.6 Å². The summed E-state index contributed by atoms with van der Waals surface area (Å²) in [6, 6.07) is 54.0. The first-order valence-corrected chi connectivity index (χ1v) is 37.6. The van der Waals surface area contributed by atoms with Gasteiger partial charge in [0.15, 0.2) is 22.5 Å². The number of hydrogen-bond donors (Lipinski definition) is 8. The van der Waals surface area contributed by atoms with Crippen molar-refractivity contribution in [2.45, 2.75) is 84.3 Å². The van der Waals surface area contributed by atoms with Crippen molar-refractivity contribution in [2.75, 3.05) is 69.4 Å². The van der Waals surface area contributed by atoms with Crippen molar-refractivity contribution < 1.29 is 63.5 Å². The number of amides is 5. The molecule has 111 heavy (non-hydrogen) atoms. The van der Waals surface area contributed by atoms with Crippen LogP contribution in [0.1, 0.15) is 115 Å². The summed E-state index contributed by atoms with van der Waals surface area (Å²) in [5.74, 6) is 2.56. The van der Waals surface area contributed by atoms with Crippen LogP contribution in [0.25, 0.3) is 22.7 Å². The zero-order chi connectivity index (χ0) is 76.7. The lowest BCUT2D eigenvalue weighted by Crippen LogP contribution is -2.36. The molecule has 6 aliphatic rings. The van der Waals surface area contributed by atoms with Crippen molar-refractivity contribution in [3.8, 4) is 40.0 Å². The topological polar surface area (TPSA) is 328 Å². The van der Waals surface area contributed by atoms with Gasteiger partial charge in [0.05, 0.1) is 31.5 Å². The van der Waals surface area contributed by atoms with E-state index in [0.29, 0.717) is 65.9 Å². The molecule has 570 valence electrons. The van der Waals surface area contributed by atoms with Gasteiger partial charge in [-0.25, -0.2) is 31.9 Å². The summed E-state index contributed by atoms with van der Waals surface area (Å²) in [6.07, 6.45) is 8.66. The molecule has 0 atom stereocenters. The summed E-state index contributed by atoms with van der Waals surface area (Å²) in [4.78, 5) is 83.9. The van der Waals surface area contributed by atoms with E-state index >= 15 is 0 Å². The van der Waals surface area contributed by atoms with E-state index < -0.39 is 23.6 Å². The van der Waals surface area contributed by atoms with Crippen LogP contribution in [0.4, 0.5) is 10.8 Å². The van der Waals surface area contributed by atoms with Crippen LogP contribution in [0.3, 0.4) is 0 Å². The number of hydroxylamine groups is 4. The van der Waals surface area contributed by atoms with Gasteiger partial charge < -0.3 is 33.1 Å². The molecule has 0 radical (unpaired) electrons. The van der Waals surface area contributed by atoms with Gasteiger partial charge in [0, 0.05) is 130 Å². The lowest BCUT2D eigenvalue weighted by Gasteiger charge is -2.29. The van der Waals surface area contributed by atoms with Crippen LogP contribution in [0.2, 0.25) is 0 Å². The van der Waals surface area contributed by atoms with Crippen LogP contribution >= 0.6 is 11.3 Å². The molecular formula is C83H84N14O13S. The summed E-state index contributed by atoms with van der Waals surface area (Å²) in [5.41, 5.74) is 24.1. The number of para-hydroxylation sites is 2.